The van der Waals surface area contributed by atoms with Gasteiger partial charge in [-0.25, -0.2) is 0 Å². The fourth-order valence-electron chi connectivity index (χ4n) is 1.78. The normalized spacial score (nSPS) is 10.6. The first-order valence-corrected chi connectivity index (χ1v) is 6.58. The number of nitrogens with one attached hydrogen (secondary N) is 2. The summed E-state index contributed by atoms with van der Waals surface area (Å²) in [6.45, 7) is 0. The summed E-state index contributed by atoms with van der Waals surface area (Å²) >= 11 is 1.39. The van der Waals surface area contributed by atoms with Gasteiger partial charge >= 0.3 is 0 Å². The van der Waals surface area contributed by atoms with Gasteiger partial charge in [-0.2, -0.15) is 5.10 Å². The minimum absolute atomic E-state index is 0.124. The number of carbonyl (C=O) groups is 1. The highest BCUT2D eigenvalue weighted by Gasteiger charge is 2.13. The number of rotatable bonds is 3. The molecule has 1 amide bonds. The predicted octanol–water partition coefficient (Wildman–Crippen LogP) is 2.41. The Morgan fingerprint density at radius 1 is 1.37 bits per heavy atom. The van der Waals surface area contributed by atoms with Crippen LogP contribution in [0.1, 0.15) is 9.67 Å². The summed E-state index contributed by atoms with van der Waals surface area (Å²) in [5.41, 5.74) is 3.76. The van der Waals surface area contributed by atoms with Gasteiger partial charge in [0.2, 0.25) is 0 Å². The molecule has 0 aliphatic rings. The first-order chi connectivity index (χ1) is 9.24. The Labute approximate surface area is 113 Å². The second-order valence-corrected chi connectivity index (χ2v) is 5.15. The van der Waals surface area contributed by atoms with E-state index in [4.69, 9.17) is 0 Å². The minimum Gasteiger partial charge on any atom is -0.288 e. The van der Waals surface area contributed by atoms with E-state index in [1.165, 1.54) is 11.3 Å². The highest BCUT2D eigenvalue weighted by Crippen LogP contribution is 2.23. The number of anilines is 1. The molecule has 0 aliphatic carbocycles. The first-order valence-electron chi connectivity index (χ1n) is 5.77. The average Bonchev–Trinajstić information content (AvgIpc) is 3.00. The highest BCUT2D eigenvalue weighted by atomic mass is 32.1. The zero-order chi connectivity index (χ0) is 13.2. The Morgan fingerprint density at radius 2 is 2.16 bits per heavy atom. The summed E-state index contributed by atoms with van der Waals surface area (Å²) in [6, 6.07) is 11.5. The predicted molar refractivity (Wildman–Crippen MR) is 76.3 cm³/mol. The molecule has 0 fully saturated rings. The summed E-state index contributed by atoms with van der Waals surface area (Å²) < 4.78 is 0. The molecule has 5 nitrogen and oxygen atoms in total. The van der Waals surface area contributed by atoms with E-state index in [0.29, 0.717) is 4.88 Å². The van der Waals surface area contributed by atoms with Crippen LogP contribution < -0.4 is 10.4 Å². The Hall–Kier alpha value is -2.34. The molecule has 0 unspecified atom stereocenters. The van der Waals surface area contributed by atoms with Crippen molar-refractivity contribution in [3.05, 3.63) is 47.5 Å². The third kappa shape index (κ3) is 2.30. The van der Waals surface area contributed by atoms with Crippen molar-refractivity contribution in [3.8, 4) is 0 Å². The Balaban J connectivity index is 1.76. The first kappa shape index (κ1) is 11.7. The molecular weight excluding hydrogens is 260 g/mol. The van der Waals surface area contributed by atoms with Gasteiger partial charge in [-0.15, -0.1) is 11.3 Å². The summed E-state index contributed by atoms with van der Waals surface area (Å²) in [5, 5.41) is 9.43. The van der Waals surface area contributed by atoms with E-state index in [1.807, 2.05) is 43.4 Å². The van der Waals surface area contributed by atoms with Crippen molar-refractivity contribution >= 4 is 33.1 Å². The highest BCUT2D eigenvalue weighted by molar-refractivity contribution is 7.20. The molecule has 3 aromatic rings. The Bertz CT molecular complexity index is 675. The van der Waals surface area contributed by atoms with Crippen LogP contribution in [0.2, 0.25) is 0 Å². The number of amides is 1. The van der Waals surface area contributed by atoms with Crippen LogP contribution in [-0.2, 0) is 0 Å². The molecule has 2 aromatic heterocycles. The van der Waals surface area contributed by atoms with E-state index in [-0.39, 0.29) is 5.91 Å². The van der Waals surface area contributed by atoms with Crippen molar-refractivity contribution in [1.29, 1.82) is 0 Å². The van der Waals surface area contributed by atoms with E-state index < -0.39 is 0 Å². The number of benzene rings is 1. The molecule has 0 saturated carbocycles. The zero-order valence-electron chi connectivity index (χ0n) is 10.3. The van der Waals surface area contributed by atoms with E-state index in [0.717, 1.165) is 15.9 Å². The lowest BCUT2D eigenvalue weighted by Gasteiger charge is -2.19. The molecule has 0 atom stereocenters. The van der Waals surface area contributed by atoms with E-state index >= 15 is 0 Å². The lowest BCUT2D eigenvalue weighted by molar-refractivity contribution is 0.0955. The molecule has 0 bridgehead atoms. The smallest absolute Gasteiger partial charge is 0.279 e. The van der Waals surface area contributed by atoms with Crippen molar-refractivity contribution in [1.82, 2.24) is 15.6 Å². The van der Waals surface area contributed by atoms with E-state index in [9.17, 15) is 4.79 Å². The molecule has 2 heterocycles. The van der Waals surface area contributed by atoms with Gasteiger partial charge < -0.3 is 0 Å². The number of hydrogen-bond donors (Lipinski definition) is 2. The van der Waals surface area contributed by atoms with Crippen LogP contribution in [0, 0.1) is 0 Å². The molecule has 0 saturated heterocycles. The van der Waals surface area contributed by atoms with Gasteiger partial charge in [0, 0.05) is 12.4 Å². The van der Waals surface area contributed by atoms with Crippen molar-refractivity contribution in [2.45, 2.75) is 0 Å². The molecule has 3 rings (SSSR count). The number of fused-ring (bicyclic) bond motifs is 1. The fraction of sp³-hybridized carbons (Fsp3) is 0.0769. The van der Waals surface area contributed by atoms with E-state index in [2.05, 4.69) is 15.6 Å². The van der Waals surface area contributed by atoms with Crippen LogP contribution in [0.25, 0.3) is 10.2 Å². The SMILES string of the molecule is CN(NC(=O)c1cc2cn[nH]c2s1)c1ccccc1. The Morgan fingerprint density at radius 3 is 2.89 bits per heavy atom. The molecule has 2 N–H and O–H groups in total. The molecule has 1 aromatic carbocycles. The van der Waals surface area contributed by atoms with Crippen molar-refractivity contribution < 1.29 is 4.79 Å². The van der Waals surface area contributed by atoms with Crippen LogP contribution in [0.5, 0.6) is 0 Å². The van der Waals surface area contributed by atoms with Crippen LogP contribution in [0.3, 0.4) is 0 Å². The maximum atomic E-state index is 12.1. The largest absolute Gasteiger partial charge is 0.288 e. The number of hydrogen-bond acceptors (Lipinski definition) is 4. The van der Waals surface area contributed by atoms with E-state index in [1.54, 1.807) is 11.2 Å². The second kappa shape index (κ2) is 4.74. The molecular formula is C13H12N4OS. The monoisotopic (exact) mass is 272 g/mol. The molecule has 0 radical (unpaired) electrons. The third-order valence-electron chi connectivity index (χ3n) is 2.77. The van der Waals surface area contributed by atoms with Crippen LogP contribution in [0.15, 0.2) is 42.6 Å². The Kier molecular flexibility index (Phi) is 2.92. The maximum absolute atomic E-state index is 12.1. The number of hydrazine groups is 1. The van der Waals surface area contributed by atoms with Gasteiger partial charge in [0.1, 0.15) is 4.83 Å². The number of nitrogens with zero attached hydrogens (tertiary/aromatic N) is 2. The average molecular weight is 272 g/mol. The van der Waals surface area contributed by atoms with Crippen LogP contribution in [-0.4, -0.2) is 23.2 Å². The molecule has 96 valence electrons. The van der Waals surface area contributed by atoms with Crippen molar-refractivity contribution in [2.24, 2.45) is 0 Å². The summed E-state index contributed by atoms with van der Waals surface area (Å²) in [4.78, 5) is 13.7. The van der Waals surface area contributed by atoms with Crippen LogP contribution in [0.4, 0.5) is 5.69 Å². The number of aromatic nitrogens is 2. The van der Waals surface area contributed by atoms with Gasteiger partial charge in [-0.05, 0) is 18.2 Å². The topological polar surface area (TPSA) is 61.0 Å². The summed E-state index contributed by atoms with van der Waals surface area (Å²) in [5.74, 6) is -0.124. The number of H-pyrrole nitrogens is 1. The van der Waals surface area contributed by atoms with Crippen LogP contribution >= 0.6 is 11.3 Å². The van der Waals surface area contributed by atoms with Gasteiger partial charge in [0.25, 0.3) is 5.91 Å². The second-order valence-electron chi connectivity index (χ2n) is 4.10. The maximum Gasteiger partial charge on any atom is 0.279 e. The molecule has 19 heavy (non-hydrogen) atoms. The standard InChI is InChI=1S/C13H12N4OS/c1-17(10-5-3-2-4-6-10)16-12(18)11-7-9-8-14-15-13(9)19-11/h2-8H,1H3,(H,14,15)(H,16,18). The summed E-state index contributed by atoms with van der Waals surface area (Å²) in [7, 11) is 1.81. The fourth-order valence-corrected chi connectivity index (χ4v) is 2.66. The summed E-state index contributed by atoms with van der Waals surface area (Å²) in [6.07, 6.45) is 1.71. The van der Waals surface area contributed by atoms with Crippen molar-refractivity contribution in [3.63, 3.8) is 0 Å². The number of aromatic amines is 1. The quantitative estimate of drug-likeness (QED) is 0.720. The molecule has 0 aliphatic heterocycles. The number of thiophene rings is 1. The zero-order valence-corrected chi connectivity index (χ0v) is 11.1. The lowest BCUT2D eigenvalue weighted by Crippen LogP contribution is -2.38. The van der Waals surface area contributed by atoms with Gasteiger partial charge in [-0.3, -0.25) is 20.3 Å². The number of para-hydroxylation sites is 1. The minimum atomic E-state index is -0.124. The molecule has 0 spiro atoms. The lowest BCUT2D eigenvalue weighted by atomic mass is 10.3. The van der Waals surface area contributed by atoms with Crippen molar-refractivity contribution in [2.75, 3.05) is 12.1 Å². The van der Waals surface area contributed by atoms with Gasteiger partial charge in [0.05, 0.1) is 16.8 Å². The number of carbonyl (C=O) groups excluding carboxylic acids is 1. The van der Waals surface area contributed by atoms with Gasteiger partial charge in [0.15, 0.2) is 0 Å². The van der Waals surface area contributed by atoms with Gasteiger partial charge in [-0.1, -0.05) is 18.2 Å². The molecule has 6 heteroatoms. The third-order valence-corrected chi connectivity index (χ3v) is 3.82.